The largest absolute Gasteiger partial charge is 0.373 e. The highest BCUT2D eigenvalue weighted by atomic mass is 127. The standard InChI is InChI=1S/C17H34N4O3S.HI/c1-14-11-20(12-15(2)24-14)8-6-7-19-16(18-5)21-9-10-25(22,23)17(3,4)13-21;/h14-15H,6-13H2,1-5H3,(H,18,19);1H. The Balaban J connectivity index is 0.00000338. The quantitative estimate of drug-likeness (QED) is 0.270. The van der Waals surface area contributed by atoms with Gasteiger partial charge in [0.25, 0.3) is 0 Å². The first-order chi connectivity index (χ1) is 11.6. The molecule has 0 spiro atoms. The van der Waals surface area contributed by atoms with Crippen LogP contribution < -0.4 is 5.32 Å². The van der Waals surface area contributed by atoms with E-state index < -0.39 is 14.6 Å². The molecule has 1 N–H and O–H groups in total. The maximum atomic E-state index is 12.1. The SMILES string of the molecule is CN=C(NCCCN1CC(C)OC(C)C1)N1CCS(=O)(=O)C(C)(C)C1.I. The zero-order chi connectivity index (χ0) is 18.7. The van der Waals surface area contributed by atoms with E-state index in [4.69, 9.17) is 4.74 Å². The Morgan fingerprint density at radius 1 is 1.27 bits per heavy atom. The minimum absolute atomic E-state index is 0. The van der Waals surface area contributed by atoms with E-state index in [9.17, 15) is 8.42 Å². The summed E-state index contributed by atoms with van der Waals surface area (Å²) in [6.45, 7) is 12.6. The molecule has 0 aromatic heterocycles. The molecule has 154 valence electrons. The van der Waals surface area contributed by atoms with Crippen LogP contribution in [0.2, 0.25) is 0 Å². The van der Waals surface area contributed by atoms with Gasteiger partial charge in [-0.2, -0.15) is 0 Å². The van der Waals surface area contributed by atoms with Crippen LogP contribution in [0.4, 0.5) is 0 Å². The van der Waals surface area contributed by atoms with Crippen molar-refractivity contribution in [3.8, 4) is 0 Å². The van der Waals surface area contributed by atoms with E-state index >= 15 is 0 Å². The van der Waals surface area contributed by atoms with Gasteiger partial charge >= 0.3 is 0 Å². The van der Waals surface area contributed by atoms with Crippen molar-refractivity contribution in [2.24, 2.45) is 4.99 Å². The predicted octanol–water partition coefficient (Wildman–Crippen LogP) is 1.19. The summed E-state index contributed by atoms with van der Waals surface area (Å²) in [5, 5.41) is 3.39. The van der Waals surface area contributed by atoms with Crippen LogP contribution in [0.25, 0.3) is 0 Å². The molecule has 0 aromatic carbocycles. The number of hydrogen-bond acceptors (Lipinski definition) is 5. The Bertz CT molecular complexity index is 573. The van der Waals surface area contributed by atoms with Gasteiger partial charge in [0.05, 0.1) is 22.7 Å². The lowest BCUT2D eigenvalue weighted by Crippen LogP contribution is -2.57. The number of hydrogen-bond donors (Lipinski definition) is 1. The summed E-state index contributed by atoms with van der Waals surface area (Å²) in [6, 6.07) is 0. The number of nitrogens with zero attached hydrogens (tertiary/aromatic N) is 3. The molecule has 26 heavy (non-hydrogen) atoms. The Kier molecular flexibility index (Phi) is 9.09. The average molecular weight is 502 g/mol. The highest BCUT2D eigenvalue weighted by Crippen LogP contribution is 2.23. The van der Waals surface area contributed by atoms with Crippen LogP contribution in [-0.2, 0) is 14.6 Å². The first-order valence-corrected chi connectivity index (χ1v) is 10.9. The van der Waals surface area contributed by atoms with E-state index in [1.54, 1.807) is 20.9 Å². The number of halogens is 1. The van der Waals surface area contributed by atoms with E-state index in [1.807, 2.05) is 0 Å². The molecule has 2 heterocycles. The van der Waals surface area contributed by atoms with Crippen molar-refractivity contribution >= 4 is 39.8 Å². The van der Waals surface area contributed by atoms with Crippen molar-refractivity contribution in [1.82, 2.24) is 15.1 Å². The van der Waals surface area contributed by atoms with Gasteiger partial charge in [0, 0.05) is 46.3 Å². The molecular formula is C17H35IN4O3S. The normalized spacial score (nSPS) is 29.1. The van der Waals surface area contributed by atoms with Gasteiger partial charge in [-0.1, -0.05) is 0 Å². The monoisotopic (exact) mass is 502 g/mol. The third-order valence-electron chi connectivity index (χ3n) is 4.98. The van der Waals surface area contributed by atoms with E-state index in [1.165, 1.54) is 0 Å². The highest BCUT2D eigenvalue weighted by molar-refractivity contribution is 14.0. The summed E-state index contributed by atoms with van der Waals surface area (Å²) in [4.78, 5) is 8.84. The van der Waals surface area contributed by atoms with E-state index in [-0.39, 0.29) is 29.7 Å². The zero-order valence-electron chi connectivity index (χ0n) is 16.7. The minimum Gasteiger partial charge on any atom is -0.373 e. The highest BCUT2D eigenvalue weighted by Gasteiger charge is 2.40. The molecule has 9 heteroatoms. The van der Waals surface area contributed by atoms with Crippen LogP contribution in [0.3, 0.4) is 0 Å². The van der Waals surface area contributed by atoms with Crippen molar-refractivity contribution in [3.05, 3.63) is 0 Å². The van der Waals surface area contributed by atoms with E-state index in [0.29, 0.717) is 25.3 Å². The van der Waals surface area contributed by atoms with Gasteiger partial charge in [-0.25, -0.2) is 8.42 Å². The van der Waals surface area contributed by atoms with Gasteiger partial charge in [0.1, 0.15) is 0 Å². The number of rotatable bonds is 4. The van der Waals surface area contributed by atoms with Crippen molar-refractivity contribution in [2.75, 3.05) is 52.1 Å². The summed E-state index contributed by atoms with van der Waals surface area (Å²) < 4.78 is 29.3. The first-order valence-electron chi connectivity index (χ1n) is 9.20. The minimum atomic E-state index is -3.03. The average Bonchev–Trinajstić information content (AvgIpc) is 2.49. The molecule has 2 atom stereocenters. The molecule has 2 saturated heterocycles. The number of nitrogens with one attached hydrogen (secondary N) is 1. The summed E-state index contributed by atoms with van der Waals surface area (Å²) in [5.74, 6) is 0.983. The van der Waals surface area contributed by atoms with Crippen LogP contribution in [-0.4, -0.2) is 93.2 Å². The number of aliphatic imine (C=N–C) groups is 1. The van der Waals surface area contributed by atoms with Gasteiger partial charge in [-0.3, -0.25) is 9.89 Å². The molecule has 2 aliphatic rings. The van der Waals surface area contributed by atoms with Crippen molar-refractivity contribution in [2.45, 2.75) is 51.1 Å². The lowest BCUT2D eigenvalue weighted by atomic mass is 10.2. The molecule has 2 unspecified atom stereocenters. The van der Waals surface area contributed by atoms with Crippen molar-refractivity contribution in [3.63, 3.8) is 0 Å². The molecule has 0 saturated carbocycles. The summed E-state index contributed by atoms with van der Waals surface area (Å²) in [7, 11) is -1.28. The fourth-order valence-corrected chi connectivity index (χ4v) is 4.99. The van der Waals surface area contributed by atoms with Crippen LogP contribution in [0, 0.1) is 0 Å². The molecule has 7 nitrogen and oxygen atoms in total. The fourth-order valence-electron chi connectivity index (χ4n) is 3.63. The topological polar surface area (TPSA) is 74.2 Å². The van der Waals surface area contributed by atoms with Gasteiger partial charge in [0.15, 0.2) is 15.8 Å². The molecule has 0 radical (unpaired) electrons. The smallest absolute Gasteiger partial charge is 0.193 e. The Morgan fingerprint density at radius 3 is 2.42 bits per heavy atom. The van der Waals surface area contributed by atoms with Gasteiger partial charge < -0.3 is 15.0 Å². The molecule has 0 aliphatic carbocycles. The van der Waals surface area contributed by atoms with Crippen LogP contribution in [0.5, 0.6) is 0 Å². The fraction of sp³-hybridized carbons (Fsp3) is 0.941. The van der Waals surface area contributed by atoms with Crippen molar-refractivity contribution < 1.29 is 13.2 Å². The lowest BCUT2D eigenvalue weighted by Gasteiger charge is -2.39. The zero-order valence-corrected chi connectivity index (χ0v) is 19.8. The molecule has 0 amide bonds. The summed E-state index contributed by atoms with van der Waals surface area (Å²) in [5.41, 5.74) is 0. The molecule has 0 bridgehead atoms. The number of guanidine groups is 1. The Labute approximate surface area is 175 Å². The second-order valence-corrected chi connectivity index (χ2v) is 10.6. The van der Waals surface area contributed by atoms with Crippen molar-refractivity contribution in [1.29, 1.82) is 0 Å². The lowest BCUT2D eigenvalue weighted by molar-refractivity contribution is -0.0679. The van der Waals surface area contributed by atoms with Gasteiger partial charge in [0.2, 0.25) is 0 Å². The second kappa shape index (κ2) is 9.88. The molecule has 2 rings (SSSR count). The number of ether oxygens (including phenoxy) is 1. The van der Waals surface area contributed by atoms with Crippen LogP contribution in [0.15, 0.2) is 4.99 Å². The van der Waals surface area contributed by atoms with Gasteiger partial charge in [-0.15, -0.1) is 24.0 Å². The maximum Gasteiger partial charge on any atom is 0.193 e. The predicted molar refractivity (Wildman–Crippen MR) is 117 cm³/mol. The first kappa shape index (κ1) is 23.9. The molecule has 2 fully saturated rings. The third-order valence-corrected chi connectivity index (χ3v) is 7.52. The van der Waals surface area contributed by atoms with E-state index in [2.05, 4.69) is 34.0 Å². The van der Waals surface area contributed by atoms with Crippen LogP contribution >= 0.6 is 24.0 Å². The summed E-state index contributed by atoms with van der Waals surface area (Å²) in [6.07, 6.45) is 1.61. The molecule has 2 aliphatic heterocycles. The van der Waals surface area contributed by atoms with E-state index in [0.717, 1.165) is 38.6 Å². The molecular weight excluding hydrogens is 467 g/mol. The Morgan fingerprint density at radius 2 is 1.88 bits per heavy atom. The number of morpholine rings is 1. The molecule has 0 aromatic rings. The number of sulfone groups is 1. The van der Waals surface area contributed by atoms with Crippen LogP contribution in [0.1, 0.15) is 34.1 Å². The summed E-state index contributed by atoms with van der Waals surface area (Å²) >= 11 is 0. The maximum absolute atomic E-state index is 12.1. The Hall–Kier alpha value is -0.130. The second-order valence-electron chi connectivity index (χ2n) is 7.84. The van der Waals surface area contributed by atoms with Gasteiger partial charge in [-0.05, 0) is 34.1 Å². The third kappa shape index (κ3) is 6.20.